The van der Waals surface area contributed by atoms with Crippen LogP contribution in [-0.2, 0) is 6.54 Å². The van der Waals surface area contributed by atoms with Crippen molar-refractivity contribution >= 4 is 34.0 Å². The molecule has 3 aromatic carbocycles. The van der Waals surface area contributed by atoms with Gasteiger partial charge in [0.2, 0.25) is 0 Å². The van der Waals surface area contributed by atoms with Gasteiger partial charge in [0.1, 0.15) is 17.3 Å². The van der Waals surface area contributed by atoms with Gasteiger partial charge >= 0.3 is 0 Å². The first kappa shape index (κ1) is 18.4. The van der Waals surface area contributed by atoms with Crippen LogP contribution < -0.4 is 10.1 Å². The van der Waals surface area contributed by atoms with Gasteiger partial charge in [-0.1, -0.05) is 47.1 Å². The summed E-state index contributed by atoms with van der Waals surface area (Å²) >= 11 is 6.32. The van der Waals surface area contributed by atoms with Gasteiger partial charge in [0.25, 0.3) is 0 Å². The van der Waals surface area contributed by atoms with Crippen molar-refractivity contribution in [1.82, 2.24) is 19.8 Å². The predicted octanol–water partition coefficient (Wildman–Crippen LogP) is 5.22. The number of nitrogens with zero attached hydrogens (tertiary/aromatic N) is 4. The van der Waals surface area contributed by atoms with E-state index >= 15 is 0 Å². The van der Waals surface area contributed by atoms with Crippen molar-refractivity contribution in [2.45, 2.75) is 6.54 Å². The molecule has 0 amide bonds. The van der Waals surface area contributed by atoms with Gasteiger partial charge in [0, 0.05) is 22.5 Å². The Hall–Kier alpha value is -3.64. The van der Waals surface area contributed by atoms with E-state index in [4.69, 9.17) is 21.3 Å². The average Bonchev–Trinajstić information content (AvgIpc) is 3.22. The minimum absolute atomic E-state index is 0.562. The van der Waals surface area contributed by atoms with Gasteiger partial charge in [0.15, 0.2) is 5.65 Å². The van der Waals surface area contributed by atoms with Crippen molar-refractivity contribution in [3.05, 3.63) is 83.4 Å². The fraction of sp³-hybridized carbons (Fsp3) is 0.0870. The highest BCUT2D eigenvalue weighted by atomic mass is 35.5. The fourth-order valence-electron chi connectivity index (χ4n) is 3.46. The van der Waals surface area contributed by atoms with Gasteiger partial charge in [-0.15, -0.1) is 5.10 Å². The van der Waals surface area contributed by atoms with E-state index < -0.39 is 0 Å². The number of anilines is 1. The summed E-state index contributed by atoms with van der Waals surface area (Å²) in [7, 11) is 1.65. The number of nitrogens with one attached hydrogen (secondary N) is 1. The number of halogens is 1. The van der Waals surface area contributed by atoms with E-state index in [2.05, 4.69) is 15.6 Å². The van der Waals surface area contributed by atoms with Gasteiger partial charge in [0.05, 0.1) is 12.6 Å². The standard InChI is InChI=1S/C23H18ClN5O/c1-30-17-12-10-15(11-13-17)21-23-26-22(25-14-16-6-2-4-8-19(16)24)18-7-3-5-9-20(18)29(23)28-27-21/h2-13H,14H2,1H3,(H,25,26). The molecule has 0 fully saturated rings. The monoisotopic (exact) mass is 415 g/mol. The first-order valence-corrected chi connectivity index (χ1v) is 9.88. The highest BCUT2D eigenvalue weighted by Crippen LogP contribution is 2.29. The van der Waals surface area contributed by atoms with E-state index in [0.29, 0.717) is 17.9 Å². The third-order valence-electron chi connectivity index (χ3n) is 5.02. The molecule has 0 bridgehead atoms. The van der Waals surface area contributed by atoms with E-state index in [-0.39, 0.29) is 0 Å². The third-order valence-corrected chi connectivity index (χ3v) is 5.39. The summed E-state index contributed by atoms with van der Waals surface area (Å²) < 4.78 is 7.03. The lowest BCUT2D eigenvalue weighted by Gasteiger charge is -2.11. The molecule has 0 radical (unpaired) electrons. The lowest BCUT2D eigenvalue weighted by atomic mass is 10.1. The molecular weight excluding hydrogens is 398 g/mol. The van der Waals surface area contributed by atoms with Gasteiger partial charge in [-0.25, -0.2) is 4.98 Å². The van der Waals surface area contributed by atoms with Crippen LogP contribution in [0.3, 0.4) is 0 Å². The fourth-order valence-corrected chi connectivity index (χ4v) is 3.66. The van der Waals surface area contributed by atoms with E-state index in [9.17, 15) is 0 Å². The second-order valence-corrected chi connectivity index (χ2v) is 7.23. The lowest BCUT2D eigenvalue weighted by Crippen LogP contribution is -2.05. The largest absolute Gasteiger partial charge is 0.497 e. The number of hydrogen-bond acceptors (Lipinski definition) is 5. The number of fused-ring (bicyclic) bond motifs is 3. The Kier molecular flexibility index (Phi) is 4.69. The molecule has 0 aliphatic rings. The smallest absolute Gasteiger partial charge is 0.186 e. The minimum Gasteiger partial charge on any atom is -0.497 e. The van der Waals surface area contributed by atoms with Crippen molar-refractivity contribution in [2.75, 3.05) is 12.4 Å². The van der Waals surface area contributed by atoms with E-state index in [1.165, 1.54) is 0 Å². The quantitative estimate of drug-likeness (QED) is 0.426. The van der Waals surface area contributed by atoms with Crippen LogP contribution in [0.2, 0.25) is 5.02 Å². The molecule has 0 aliphatic heterocycles. The SMILES string of the molecule is COc1ccc(-c2nnn3c2nc(NCc2ccccc2Cl)c2ccccc23)cc1. The molecule has 5 aromatic rings. The molecule has 1 N–H and O–H groups in total. The number of aromatic nitrogens is 4. The highest BCUT2D eigenvalue weighted by molar-refractivity contribution is 6.31. The summed E-state index contributed by atoms with van der Waals surface area (Å²) in [5.74, 6) is 1.55. The first-order valence-electron chi connectivity index (χ1n) is 9.50. The molecule has 5 rings (SSSR count). The van der Waals surface area contributed by atoms with Crippen LogP contribution in [0.4, 0.5) is 5.82 Å². The molecule has 2 aromatic heterocycles. The Bertz CT molecular complexity index is 1350. The molecule has 148 valence electrons. The van der Waals surface area contributed by atoms with Crippen LogP contribution in [0.25, 0.3) is 27.8 Å². The van der Waals surface area contributed by atoms with E-state index in [0.717, 1.165) is 38.6 Å². The van der Waals surface area contributed by atoms with Crippen molar-refractivity contribution < 1.29 is 4.74 Å². The molecule has 0 saturated heterocycles. The summed E-state index contributed by atoms with van der Waals surface area (Å²) in [6.45, 7) is 0.562. The maximum Gasteiger partial charge on any atom is 0.186 e. The molecule has 6 nitrogen and oxygen atoms in total. The predicted molar refractivity (Wildman–Crippen MR) is 119 cm³/mol. The second-order valence-electron chi connectivity index (χ2n) is 6.82. The Morgan fingerprint density at radius 1 is 0.967 bits per heavy atom. The number of rotatable bonds is 5. The van der Waals surface area contributed by atoms with Gasteiger partial charge in [-0.05, 0) is 48.0 Å². The molecule has 0 aliphatic carbocycles. The van der Waals surface area contributed by atoms with Crippen molar-refractivity contribution in [1.29, 1.82) is 0 Å². The maximum atomic E-state index is 6.32. The zero-order valence-corrected chi connectivity index (χ0v) is 17.0. The van der Waals surface area contributed by atoms with E-state index in [1.54, 1.807) is 11.6 Å². The number of hydrogen-bond donors (Lipinski definition) is 1. The van der Waals surface area contributed by atoms with Crippen LogP contribution in [-0.4, -0.2) is 26.9 Å². The van der Waals surface area contributed by atoms with Crippen LogP contribution in [0.15, 0.2) is 72.8 Å². The summed E-state index contributed by atoms with van der Waals surface area (Å²) in [6.07, 6.45) is 0. The number of benzene rings is 3. The maximum absolute atomic E-state index is 6.32. The Morgan fingerprint density at radius 3 is 2.53 bits per heavy atom. The molecular formula is C23H18ClN5O. The first-order chi connectivity index (χ1) is 14.7. The molecule has 0 unspecified atom stereocenters. The van der Waals surface area contributed by atoms with Gasteiger partial charge in [-0.2, -0.15) is 4.52 Å². The van der Waals surface area contributed by atoms with Gasteiger partial charge in [-0.3, -0.25) is 0 Å². The summed E-state index contributed by atoms with van der Waals surface area (Å²) in [5, 5.41) is 13.9. The molecule has 0 saturated carbocycles. The lowest BCUT2D eigenvalue weighted by molar-refractivity contribution is 0.415. The Morgan fingerprint density at radius 2 is 1.73 bits per heavy atom. The van der Waals surface area contributed by atoms with Crippen LogP contribution in [0.1, 0.15) is 5.56 Å². The van der Waals surface area contributed by atoms with Crippen molar-refractivity contribution in [3.63, 3.8) is 0 Å². The summed E-state index contributed by atoms with van der Waals surface area (Å²) in [5.41, 5.74) is 4.25. The number of methoxy groups -OCH3 is 1. The molecule has 2 heterocycles. The zero-order valence-electron chi connectivity index (χ0n) is 16.2. The molecule has 0 atom stereocenters. The van der Waals surface area contributed by atoms with Crippen molar-refractivity contribution in [3.8, 4) is 17.0 Å². The molecule has 7 heteroatoms. The highest BCUT2D eigenvalue weighted by Gasteiger charge is 2.16. The van der Waals surface area contributed by atoms with Crippen LogP contribution in [0, 0.1) is 0 Å². The third kappa shape index (κ3) is 3.21. The minimum atomic E-state index is 0.562. The zero-order chi connectivity index (χ0) is 20.5. The Balaban J connectivity index is 1.62. The van der Waals surface area contributed by atoms with Crippen LogP contribution >= 0.6 is 11.6 Å². The Labute approximate surface area is 178 Å². The summed E-state index contributed by atoms with van der Waals surface area (Å²) in [6, 6.07) is 23.5. The molecule has 0 spiro atoms. The average molecular weight is 416 g/mol. The van der Waals surface area contributed by atoms with E-state index in [1.807, 2.05) is 72.8 Å². The second kappa shape index (κ2) is 7.65. The normalized spacial score (nSPS) is 11.1. The van der Waals surface area contributed by atoms with Crippen molar-refractivity contribution in [2.24, 2.45) is 0 Å². The number of ether oxygens (including phenoxy) is 1. The van der Waals surface area contributed by atoms with Crippen LogP contribution in [0.5, 0.6) is 5.75 Å². The molecule has 30 heavy (non-hydrogen) atoms. The topological polar surface area (TPSA) is 64.3 Å². The summed E-state index contributed by atoms with van der Waals surface area (Å²) in [4.78, 5) is 4.88. The van der Waals surface area contributed by atoms with Gasteiger partial charge < -0.3 is 10.1 Å². The number of para-hydroxylation sites is 1.